The Morgan fingerprint density at radius 3 is 2.58 bits per heavy atom. The monoisotopic (exact) mass is 347 g/mol. The maximum absolute atomic E-state index is 13.1. The molecule has 7 nitrogen and oxygen atoms in total. The van der Waals surface area contributed by atoms with Crippen LogP contribution < -0.4 is 0 Å². The van der Waals surface area contributed by atoms with Crippen molar-refractivity contribution < 1.29 is 17.4 Å². The van der Waals surface area contributed by atoms with Gasteiger partial charge in [0.25, 0.3) is 0 Å². The third kappa shape index (κ3) is 3.24. The van der Waals surface area contributed by atoms with Crippen LogP contribution in [0.2, 0.25) is 0 Å². The van der Waals surface area contributed by atoms with E-state index in [1.54, 1.807) is 44.4 Å². The van der Waals surface area contributed by atoms with Crippen molar-refractivity contribution in [3.63, 3.8) is 0 Å². The highest BCUT2D eigenvalue weighted by atomic mass is 32.2. The van der Waals surface area contributed by atoms with Gasteiger partial charge in [0, 0.05) is 18.9 Å². The molecule has 0 N–H and O–H groups in total. The predicted octanol–water partition coefficient (Wildman–Crippen LogP) is 2.67. The average molecular weight is 347 g/mol. The number of aromatic nitrogens is 2. The van der Waals surface area contributed by atoms with E-state index in [4.69, 9.17) is 8.94 Å². The predicted molar refractivity (Wildman–Crippen MR) is 85.4 cm³/mol. The van der Waals surface area contributed by atoms with Crippen LogP contribution in [0.15, 0.2) is 56.8 Å². The number of pyridine rings is 1. The molecular weight excluding hydrogens is 330 g/mol. The Bertz CT molecular complexity index is 883. The first-order valence-electron chi connectivity index (χ1n) is 7.33. The van der Waals surface area contributed by atoms with Crippen molar-refractivity contribution in [3.05, 3.63) is 65.7 Å². The van der Waals surface area contributed by atoms with E-state index in [0.717, 1.165) is 5.56 Å². The van der Waals surface area contributed by atoms with Crippen LogP contribution in [0.25, 0.3) is 0 Å². The molecule has 0 unspecified atom stereocenters. The van der Waals surface area contributed by atoms with E-state index in [-0.39, 0.29) is 23.7 Å². The molecule has 24 heavy (non-hydrogen) atoms. The summed E-state index contributed by atoms with van der Waals surface area (Å²) in [5.41, 5.74) is 1.11. The van der Waals surface area contributed by atoms with Crippen LogP contribution in [0.5, 0.6) is 0 Å². The van der Waals surface area contributed by atoms with Crippen molar-refractivity contribution in [1.82, 2.24) is 14.4 Å². The second-order valence-electron chi connectivity index (χ2n) is 5.37. The minimum absolute atomic E-state index is 0.0953. The molecule has 0 aliphatic carbocycles. The van der Waals surface area contributed by atoms with Gasteiger partial charge in [-0.1, -0.05) is 11.2 Å². The number of hydrogen-bond donors (Lipinski definition) is 0. The number of nitrogens with zero attached hydrogens (tertiary/aromatic N) is 3. The van der Waals surface area contributed by atoms with Gasteiger partial charge in [-0.25, -0.2) is 8.42 Å². The molecule has 0 amide bonds. The Kier molecular flexibility index (Phi) is 4.50. The van der Waals surface area contributed by atoms with Crippen LogP contribution >= 0.6 is 0 Å². The van der Waals surface area contributed by atoms with E-state index in [2.05, 4.69) is 10.1 Å². The summed E-state index contributed by atoms with van der Waals surface area (Å²) in [6.45, 7) is 3.47. The number of aryl methyl sites for hydroxylation is 2. The van der Waals surface area contributed by atoms with Crippen LogP contribution in [0.1, 0.15) is 22.8 Å². The van der Waals surface area contributed by atoms with Crippen LogP contribution in [0.3, 0.4) is 0 Å². The Morgan fingerprint density at radius 1 is 1.17 bits per heavy atom. The summed E-state index contributed by atoms with van der Waals surface area (Å²) in [4.78, 5) is 4.13. The Balaban J connectivity index is 2.00. The van der Waals surface area contributed by atoms with Gasteiger partial charge in [-0.15, -0.1) is 0 Å². The fraction of sp³-hybridized carbons (Fsp3) is 0.250. The molecule has 3 rings (SSSR count). The maximum atomic E-state index is 13.1. The zero-order valence-electron chi connectivity index (χ0n) is 13.3. The molecule has 0 radical (unpaired) electrons. The number of sulfonamides is 1. The Labute approximate surface area is 140 Å². The van der Waals surface area contributed by atoms with E-state index in [1.165, 1.54) is 10.6 Å². The molecule has 0 bridgehead atoms. The summed E-state index contributed by atoms with van der Waals surface area (Å²) in [6, 6.07) is 7.05. The molecule has 3 aromatic heterocycles. The zero-order valence-corrected chi connectivity index (χ0v) is 14.2. The van der Waals surface area contributed by atoms with Crippen molar-refractivity contribution in [2.45, 2.75) is 31.8 Å². The molecular formula is C16H17N3O4S. The highest BCUT2D eigenvalue weighted by Crippen LogP contribution is 2.26. The lowest BCUT2D eigenvalue weighted by Gasteiger charge is -2.21. The SMILES string of the molecule is Cc1noc(C)c1S(=O)(=O)N(Cc1cccnc1)Cc1ccco1. The van der Waals surface area contributed by atoms with Gasteiger partial charge in [-0.05, 0) is 37.6 Å². The topological polar surface area (TPSA) is 89.4 Å². The number of furan rings is 1. The maximum Gasteiger partial charge on any atom is 0.249 e. The fourth-order valence-corrected chi connectivity index (χ4v) is 4.16. The van der Waals surface area contributed by atoms with Crippen LogP contribution in [-0.2, 0) is 23.1 Å². The highest BCUT2D eigenvalue weighted by Gasteiger charge is 2.31. The molecule has 3 heterocycles. The van der Waals surface area contributed by atoms with Crippen LogP contribution in [-0.4, -0.2) is 22.9 Å². The van der Waals surface area contributed by atoms with Crippen LogP contribution in [0.4, 0.5) is 0 Å². The molecule has 0 saturated heterocycles. The molecule has 0 aromatic carbocycles. The lowest BCUT2D eigenvalue weighted by atomic mass is 10.3. The van der Waals surface area contributed by atoms with Gasteiger partial charge >= 0.3 is 0 Å². The standard InChI is InChI=1S/C16H17N3O4S/c1-12-16(13(2)23-18-12)24(20,21)19(11-15-6-4-8-22-15)10-14-5-3-7-17-9-14/h3-9H,10-11H2,1-2H3. The lowest BCUT2D eigenvalue weighted by molar-refractivity contribution is 0.356. The molecule has 0 aliphatic rings. The molecule has 0 atom stereocenters. The molecule has 0 spiro atoms. The van der Waals surface area contributed by atoms with Gasteiger partial charge in [-0.3, -0.25) is 4.98 Å². The molecule has 126 valence electrons. The second kappa shape index (κ2) is 6.58. The fourth-order valence-electron chi connectivity index (χ4n) is 2.47. The molecule has 0 saturated carbocycles. The highest BCUT2D eigenvalue weighted by molar-refractivity contribution is 7.89. The van der Waals surface area contributed by atoms with Crippen LogP contribution in [0, 0.1) is 13.8 Å². The van der Waals surface area contributed by atoms with Gasteiger partial charge in [0.1, 0.15) is 16.3 Å². The summed E-state index contributed by atoms with van der Waals surface area (Å²) in [5.74, 6) is 0.817. The molecule has 0 aliphatic heterocycles. The van der Waals surface area contributed by atoms with E-state index in [1.807, 2.05) is 6.07 Å². The first-order chi connectivity index (χ1) is 11.5. The Morgan fingerprint density at radius 2 is 2.00 bits per heavy atom. The van der Waals surface area contributed by atoms with Crippen molar-refractivity contribution in [3.8, 4) is 0 Å². The van der Waals surface area contributed by atoms with E-state index < -0.39 is 10.0 Å². The van der Waals surface area contributed by atoms with E-state index in [0.29, 0.717) is 11.5 Å². The van der Waals surface area contributed by atoms with E-state index in [9.17, 15) is 8.42 Å². The minimum Gasteiger partial charge on any atom is -0.468 e. The van der Waals surface area contributed by atoms with Crippen molar-refractivity contribution in [1.29, 1.82) is 0 Å². The quantitative estimate of drug-likeness (QED) is 0.681. The number of rotatable bonds is 6. The first kappa shape index (κ1) is 16.4. The van der Waals surface area contributed by atoms with Gasteiger partial charge in [0.15, 0.2) is 5.76 Å². The summed E-state index contributed by atoms with van der Waals surface area (Å²) >= 11 is 0. The van der Waals surface area contributed by atoms with Gasteiger partial charge in [0.05, 0.1) is 12.8 Å². The smallest absolute Gasteiger partial charge is 0.249 e. The average Bonchev–Trinajstić information content (AvgIpc) is 3.18. The van der Waals surface area contributed by atoms with Crippen molar-refractivity contribution >= 4 is 10.0 Å². The molecule has 0 fully saturated rings. The number of hydrogen-bond acceptors (Lipinski definition) is 6. The van der Waals surface area contributed by atoms with Gasteiger partial charge < -0.3 is 8.94 Å². The summed E-state index contributed by atoms with van der Waals surface area (Å²) < 4.78 is 37.9. The molecule has 8 heteroatoms. The lowest BCUT2D eigenvalue weighted by Crippen LogP contribution is -2.30. The third-order valence-corrected chi connectivity index (χ3v) is 5.60. The zero-order chi connectivity index (χ0) is 17.2. The summed E-state index contributed by atoms with van der Waals surface area (Å²) in [5, 5.41) is 3.75. The minimum atomic E-state index is -3.80. The van der Waals surface area contributed by atoms with Crippen molar-refractivity contribution in [2.24, 2.45) is 0 Å². The second-order valence-corrected chi connectivity index (χ2v) is 7.24. The van der Waals surface area contributed by atoms with E-state index >= 15 is 0 Å². The summed E-state index contributed by atoms with van der Waals surface area (Å²) in [6.07, 6.45) is 4.79. The Hall–Kier alpha value is -2.45. The van der Waals surface area contributed by atoms with Gasteiger partial charge in [-0.2, -0.15) is 4.31 Å². The third-order valence-electron chi connectivity index (χ3n) is 3.56. The van der Waals surface area contributed by atoms with Gasteiger partial charge in [0.2, 0.25) is 10.0 Å². The first-order valence-corrected chi connectivity index (χ1v) is 8.77. The molecule has 3 aromatic rings. The van der Waals surface area contributed by atoms with Crippen molar-refractivity contribution in [2.75, 3.05) is 0 Å². The largest absolute Gasteiger partial charge is 0.468 e. The normalized spacial score (nSPS) is 12.0. The summed E-state index contributed by atoms with van der Waals surface area (Å²) in [7, 11) is -3.80.